The van der Waals surface area contributed by atoms with Gasteiger partial charge in [0.05, 0.1) is 11.5 Å². The lowest BCUT2D eigenvalue weighted by Gasteiger charge is -2.20. The zero-order chi connectivity index (χ0) is 13.8. The maximum atomic E-state index is 12.2. The fourth-order valence-corrected chi connectivity index (χ4v) is 3.96. The summed E-state index contributed by atoms with van der Waals surface area (Å²) in [6.07, 6.45) is 0. The summed E-state index contributed by atoms with van der Waals surface area (Å²) in [7, 11) is -1.26. The number of hydrogen-bond donors (Lipinski definition) is 1. The molecule has 0 saturated heterocycles. The molecule has 1 atom stereocenters. The highest BCUT2D eigenvalue weighted by Crippen LogP contribution is 2.14. The number of rotatable bonds is 6. The minimum atomic E-state index is -3.08. The minimum Gasteiger partial charge on any atom is -0.316 e. The normalized spacial score (nSPS) is 13.8. The third-order valence-corrected chi connectivity index (χ3v) is 4.86. The summed E-state index contributed by atoms with van der Waals surface area (Å²) in [6, 6.07) is 7.66. The Hall–Kier alpha value is -0.870. The Balaban J connectivity index is 2.80. The molecular weight excluding hydrogens is 246 g/mol. The van der Waals surface area contributed by atoms with Crippen LogP contribution in [-0.4, -0.2) is 27.3 Å². The average Bonchev–Trinajstić information content (AvgIpc) is 2.28. The van der Waals surface area contributed by atoms with Gasteiger partial charge in [0.15, 0.2) is 9.84 Å². The smallest absolute Gasteiger partial charge is 0.155 e. The second-order valence-corrected chi connectivity index (χ2v) is 7.23. The van der Waals surface area contributed by atoms with Crippen LogP contribution in [0.2, 0.25) is 0 Å². The summed E-state index contributed by atoms with van der Waals surface area (Å²) in [5.41, 5.74) is 1.93. The molecule has 0 aliphatic heterocycles. The molecule has 1 N–H and O–H groups in total. The van der Waals surface area contributed by atoms with E-state index in [2.05, 4.69) is 5.32 Å². The minimum absolute atomic E-state index is 0.0130. The van der Waals surface area contributed by atoms with Gasteiger partial charge in [-0.2, -0.15) is 0 Å². The number of nitrogens with one attached hydrogen (secondary N) is 1. The van der Waals surface area contributed by atoms with E-state index in [9.17, 15) is 8.42 Å². The molecule has 3 nitrogen and oxygen atoms in total. The number of aryl methyl sites for hydroxylation is 1. The highest BCUT2D eigenvalue weighted by Gasteiger charge is 2.21. The summed E-state index contributed by atoms with van der Waals surface area (Å²) < 4.78 is 24.4. The van der Waals surface area contributed by atoms with Crippen molar-refractivity contribution in [2.45, 2.75) is 32.6 Å². The summed E-state index contributed by atoms with van der Waals surface area (Å²) in [5.74, 6) is 0.627. The molecule has 0 fully saturated rings. The van der Waals surface area contributed by atoms with Crippen molar-refractivity contribution in [1.29, 1.82) is 0 Å². The van der Waals surface area contributed by atoms with E-state index in [1.165, 1.54) is 0 Å². The second kappa shape index (κ2) is 6.34. The van der Waals surface area contributed by atoms with E-state index in [4.69, 9.17) is 0 Å². The molecule has 1 aromatic rings. The van der Waals surface area contributed by atoms with Crippen molar-refractivity contribution >= 4 is 9.84 Å². The Bertz CT molecular complexity index is 480. The molecule has 0 amide bonds. The molecule has 0 aliphatic rings. The summed E-state index contributed by atoms with van der Waals surface area (Å²) in [6.45, 7) is 6.01. The van der Waals surface area contributed by atoms with Gasteiger partial charge in [-0.1, -0.05) is 38.1 Å². The lowest BCUT2D eigenvalue weighted by molar-refractivity contribution is 0.455. The predicted octanol–water partition coefficient (Wildman–Crippen LogP) is 2.15. The predicted molar refractivity (Wildman–Crippen MR) is 76.4 cm³/mol. The van der Waals surface area contributed by atoms with Crippen LogP contribution in [0.3, 0.4) is 0 Å². The molecule has 4 heteroatoms. The monoisotopic (exact) mass is 269 g/mol. The van der Waals surface area contributed by atoms with Crippen LogP contribution in [0.25, 0.3) is 0 Å². The van der Waals surface area contributed by atoms with Crippen LogP contribution in [0.1, 0.15) is 25.0 Å². The van der Waals surface area contributed by atoms with Crippen LogP contribution in [-0.2, 0) is 15.6 Å². The first-order valence-electron chi connectivity index (χ1n) is 6.28. The molecule has 18 heavy (non-hydrogen) atoms. The molecule has 0 saturated carbocycles. The van der Waals surface area contributed by atoms with Crippen LogP contribution in [0.4, 0.5) is 0 Å². The SMILES string of the molecule is CNC(CS(=O)(=O)Cc1ccccc1C)C(C)C. The quantitative estimate of drug-likeness (QED) is 0.861. The van der Waals surface area contributed by atoms with Crippen molar-refractivity contribution in [3.63, 3.8) is 0 Å². The number of hydrogen-bond acceptors (Lipinski definition) is 3. The van der Waals surface area contributed by atoms with Gasteiger partial charge >= 0.3 is 0 Å². The molecule has 1 aromatic carbocycles. The van der Waals surface area contributed by atoms with Gasteiger partial charge in [0.1, 0.15) is 0 Å². The van der Waals surface area contributed by atoms with Crippen LogP contribution >= 0.6 is 0 Å². The van der Waals surface area contributed by atoms with Gasteiger partial charge in [-0.15, -0.1) is 0 Å². The fourth-order valence-electron chi connectivity index (χ4n) is 1.95. The van der Waals surface area contributed by atoms with Gasteiger partial charge in [0.2, 0.25) is 0 Å². The molecule has 1 unspecified atom stereocenters. The lowest BCUT2D eigenvalue weighted by Crippen LogP contribution is -2.37. The van der Waals surface area contributed by atoms with Crippen LogP contribution in [0, 0.1) is 12.8 Å². The fraction of sp³-hybridized carbons (Fsp3) is 0.571. The molecule has 0 aromatic heterocycles. The van der Waals surface area contributed by atoms with Crippen molar-refractivity contribution in [1.82, 2.24) is 5.32 Å². The van der Waals surface area contributed by atoms with Gasteiger partial charge in [-0.3, -0.25) is 0 Å². The zero-order valence-corrected chi connectivity index (χ0v) is 12.4. The van der Waals surface area contributed by atoms with E-state index >= 15 is 0 Å². The average molecular weight is 269 g/mol. The van der Waals surface area contributed by atoms with E-state index in [1.54, 1.807) is 0 Å². The van der Waals surface area contributed by atoms with Gasteiger partial charge in [-0.25, -0.2) is 8.42 Å². The Morgan fingerprint density at radius 3 is 2.33 bits per heavy atom. The van der Waals surface area contributed by atoms with E-state index in [-0.39, 0.29) is 17.5 Å². The first kappa shape index (κ1) is 15.2. The molecule has 0 radical (unpaired) electrons. The molecule has 1 rings (SSSR count). The third-order valence-electron chi connectivity index (χ3n) is 3.25. The van der Waals surface area contributed by atoms with Crippen LogP contribution in [0.5, 0.6) is 0 Å². The molecule has 102 valence electrons. The van der Waals surface area contributed by atoms with E-state index < -0.39 is 9.84 Å². The van der Waals surface area contributed by atoms with Crippen LogP contribution in [0.15, 0.2) is 24.3 Å². The molecular formula is C14H23NO2S. The largest absolute Gasteiger partial charge is 0.316 e. The Kier molecular flexibility index (Phi) is 5.35. The van der Waals surface area contributed by atoms with Crippen molar-refractivity contribution in [3.05, 3.63) is 35.4 Å². The molecule has 0 bridgehead atoms. The van der Waals surface area contributed by atoms with Crippen molar-refractivity contribution in [2.75, 3.05) is 12.8 Å². The van der Waals surface area contributed by atoms with Crippen LogP contribution < -0.4 is 5.32 Å². The van der Waals surface area contributed by atoms with Gasteiger partial charge in [-0.05, 0) is 31.0 Å². The zero-order valence-electron chi connectivity index (χ0n) is 11.6. The summed E-state index contributed by atoms with van der Waals surface area (Å²) in [4.78, 5) is 0. The summed E-state index contributed by atoms with van der Waals surface area (Å²) >= 11 is 0. The molecule has 0 aliphatic carbocycles. The Morgan fingerprint density at radius 1 is 1.22 bits per heavy atom. The Labute approximate surface area is 111 Å². The number of benzene rings is 1. The highest BCUT2D eigenvalue weighted by atomic mass is 32.2. The number of sulfone groups is 1. The maximum Gasteiger partial charge on any atom is 0.155 e. The first-order valence-corrected chi connectivity index (χ1v) is 8.10. The van der Waals surface area contributed by atoms with E-state index in [0.717, 1.165) is 11.1 Å². The first-order chi connectivity index (χ1) is 8.35. The lowest BCUT2D eigenvalue weighted by atomic mass is 10.1. The standard InChI is InChI=1S/C14H23NO2S/c1-11(2)14(15-4)10-18(16,17)9-13-8-6-5-7-12(13)3/h5-8,11,14-15H,9-10H2,1-4H3. The second-order valence-electron chi connectivity index (χ2n) is 5.12. The van der Waals surface area contributed by atoms with Gasteiger partial charge in [0, 0.05) is 6.04 Å². The highest BCUT2D eigenvalue weighted by molar-refractivity contribution is 7.90. The molecule has 0 heterocycles. The van der Waals surface area contributed by atoms with E-state index in [1.807, 2.05) is 52.1 Å². The summed E-state index contributed by atoms with van der Waals surface area (Å²) in [5, 5.41) is 3.08. The Morgan fingerprint density at radius 2 is 1.83 bits per heavy atom. The molecule has 0 spiro atoms. The van der Waals surface area contributed by atoms with Gasteiger partial charge < -0.3 is 5.32 Å². The van der Waals surface area contributed by atoms with Gasteiger partial charge in [0.25, 0.3) is 0 Å². The van der Waals surface area contributed by atoms with Crippen molar-refractivity contribution in [2.24, 2.45) is 5.92 Å². The van der Waals surface area contributed by atoms with Crippen molar-refractivity contribution in [3.8, 4) is 0 Å². The van der Waals surface area contributed by atoms with E-state index in [0.29, 0.717) is 5.92 Å². The topological polar surface area (TPSA) is 46.2 Å². The third kappa shape index (κ3) is 4.42. The maximum absolute atomic E-state index is 12.2. The van der Waals surface area contributed by atoms with Crippen molar-refractivity contribution < 1.29 is 8.42 Å².